The van der Waals surface area contributed by atoms with E-state index in [2.05, 4.69) is 10.9 Å². The van der Waals surface area contributed by atoms with Gasteiger partial charge in [-0.05, 0) is 19.1 Å². The molecule has 1 rings (SSSR count). The Kier molecular flexibility index (Phi) is 3.31. The van der Waals surface area contributed by atoms with Crippen LogP contribution in [0, 0.1) is 6.92 Å². The molecule has 0 aliphatic carbocycles. The Morgan fingerprint density at radius 2 is 1.92 bits per heavy atom. The fourth-order valence-corrected chi connectivity index (χ4v) is 0.867. The van der Waals surface area contributed by atoms with E-state index in [9.17, 15) is 4.79 Å². The van der Waals surface area contributed by atoms with Crippen LogP contribution < -0.4 is 10.9 Å². The van der Waals surface area contributed by atoms with Crippen molar-refractivity contribution < 1.29 is 4.79 Å². The Hall–Kier alpha value is -1.51. The molecule has 3 heteroatoms. The predicted octanol–water partition coefficient (Wildman–Crippen LogP) is 1.85. The Labute approximate surface area is 78.1 Å². The predicted molar refractivity (Wildman–Crippen MR) is 53.2 cm³/mol. The van der Waals surface area contributed by atoms with Gasteiger partial charge in [-0.15, -0.1) is 0 Å². The Morgan fingerprint density at radius 3 is 2.46 bits per heavy atom. The molecule has 0 fully saturated rings. The molecule has 0 aromatic heterocycles. The fourth-order valence-electron chi connectivity index (χ4n) is 0.867. The van der Waals surface area contributed by atoms with Crippen molar-refractivity contribution >= 4 is 11.6 Å². The minimum Gasteiger partial charge on any atom is -0.299 e. The molecule has 1 amide bonds. The number of rotatable bonds is 3. The van der Waals surface area contributed by atoms with Gasteiger partial charge in [0.05, 0.1) is 5.69 Å². The van der Waals surface area contributed by atoms with Crippen LogP contribution in [-0.2, 0) is 4.79 Å². The van der Waals surface area contributed by atoms with E-state index in [-0.39, 0.29) is 5.91 Å². The molecule has 1 aromatic rings. The van der Waals surface area contributed by atoms with Crippen LogP contribution in [0.4, 0.5) is 5.69 Å². The first-order valence-electron chi connectivity index (χ1n) is 4.34. The highest BCUT2D eigenvalue weighted by molar-refractivity contribution is 5.76. The largest absolute Gasteiger partial charge is 0.299 e. The van der Waals surface area contributed by atoms with E-state index < -0.39 is 0 Å². The van der Waals surface area contributed by atoms with Gasteiger partial charge in [0.1, 0.15) is 0 Å². The zero-order chi connectivity index (χ0) is 9.68. The van der Waals surface area contributed by atoms with Gasteiger partial charge >= 0.3 is 0 Å². The van der Waals surface area contributed by atoms with Gasteiger partial charge in [-0.25, -0.2) is 0 Å². The highest BCUT2D eigenvalue weighted by Crippen LogP contribution is 2.06. The summed E-state index contributed by atoms with van der Waals surface area (Å²) in [6.45, 7) is 3.83. The van der Waals surface area contributed by atoms with Crippen LogP contribution in [0.2, 0.25) is 0 Å². The van der Waals surface area contributed by atoms with Crippen LogP contribution in [0.5, 0.6) is 0 Å². The van der Waals surface area contributed by atoms with Crippen LogP contribution in [0.3, 0.4) is 0 Å². The standard InChI is InChI=1S/C10H14N2O/c1-3-10(13)12-11-9-6-4-8(2)5-7-9/h4-7,11H,3H2,1-2H3,(H,12,13). The van der Waals surface area contributed by atoms with Gasteiger partial charge in [0.2, 0.25) is 5.91 Å². The Bertz CT molecular complexity index is 279. The van der Waals surface area contributed by atoms with Gasteiger partial charge in [0.25, 0.3) is 0 Å². The quantitative estimate of drug-likeness (QED) is 0.693. The van der Waals surface area contributed by atoms with Gasteiger partial charge < -0.3 is 0 Å². The molecule has 0 aliphatic heterocycles. The lowest BCUT2D eigenvalue weighted by Crippen LogP contribution is -2.28. The maximum atomic E-state index is 10.9. The third kappa shape index (κ3) is 3.15. The summed E-state index contributed by atoms with van der Waals surface area (Å²) >= 11 is 0. The van der Waals surface area contributed by atoms with Crippen molar-refractivity contribution in [3.8, 4) is 0 Å². The molecule has 0 atom stereocenters. The van der Waals surface area contributed by atoms with Crippen molar-refractivity contribution in [2.75, 3.05) is 5.43 Å². The van der Waals surface area contributed by atoms with E-state index in [4.69, 9.17) is 0 Å². The number of hydrazine groups is 1. The van der Waals surface area contributed by atoms with Crippen molar-refractivity contribution in [1.29, 1.82) is 0 Å². The summed E-state index contributed by atoms with van der Waals surface area (Å²) in [5.74, 6) is -0.0134. The van der Waals surface area contributed by atoms with Gasteiger partial charge in [-0.1, -0.05) is 24.6 Å². The lowest BCUT2D eigenvalue weighted by molar-refractivity contribution is -0.120. The van der Waals surface area contributed by atoms with E-state index >= 15 is 0 Å². The molecular weight excluding hydrogens is 164 g/mol. The van der Waals surface area contributed by atoms with E-state index in [1.165, 1.54) is 5.56 Å². The summed E-state index contributed by atoms with van der Waals surface area (Å²) in [5.41, 5.74) is 7.50. The lowest BCUT2D eigenvalue weighted by atomic mass is 10.2. The first-order chi connectivity index (χ1) is 6.22. The number of carbonyl (C=O) groups excluding carboxylic acids is 1. The number of hydrogen-bond acceptors (Lipinski definition) is 2. The van der Waals surface area contributed by atoms with Crippen LogP contribution in [-0.4, -0.2) is 5.91 Å². The van der Waals surface area contributed by atoms with Crippen molar-refractivity contribution in [2.24, 2.45) is 0 Å². The van der Waals surface area contributed by atoms with Crippen LogP contribution >= 0.6 is 0 Å². The SMILES string of the molecule is CCC(=O)NNc1ccc(C)cc1. The van der Waals surface area contributed by atoms with Crippen molar-refractivity contribution in [1.82, 2.24) is 5.43 Å². The molecule has 0 unspecified atom stereocenters. The highest BCUT2D eigenvalue weighted by Gasteiger charge is 1.94. The van der Waals surface area contributed by atoms with Crippen molar-refractivity contribution in [3.63, 3.8) is 0 Å². The number of nitrogens with one attached hydrogen (secondary N) is 2. The lowest BCUT2D eigenvalue weighted by Gasteiger charge is -2.06. The molecule has 2 N–H and O–H groups in total. The minimum absolute atomic E-state index is 0.0134. The van der Waals surface area contributed by atoms with E-state index in [1.807, 2.05) is 38.1 Å². The monoisotopic (exact) mass is 178 g/mol. The highest BCUT2D eigenvalue weighted by atomic mass is 16.2. The molecule has 0 heterocycles. The van der Waals surface area contributed by atoms with E-state index in [1.54, 1.807) is 0 Å². The third-order valence-electron chi connectivity index (χ3n) is 1.72. The van der Waals surface area contributed by atoms with E-state index in [0.29, 0.717) is 6.42 Å². The zero-order valence-electron chi connectivity index (χ0n) is 7.92. The molecule has 0 bridgehead atoms. The normalized spacial score (nSPS) is 9.38. The van der Waals surface area contributed by atoms with Crippen LogP contribution in [0.25, 0.3) is 0 Å². The molecule has 70 valence electrons. The molecule has 3 nitrogen and oxygen atoms in total. The second-order valence-electron chi connectivity index (χ2n) is 2.89. The molecule has 0 saturated heterocycles. The summed E-state index contributed by atoms with van der Waals surface area (Å²) in [7, 11) is 0. The average molecular weight is 178 g/mol. The fraction of sp³-hybridized carbons (Fsp3) is 0.300. The third-order valence-corrected chi connectivity index (χ3v) is 1.72. The Morgan fingerprint density at radius 1 is 1.31 bits per heavy atom. The average Bonchev–Trinajstić information content (AvgIpc) is 2.16. The molecule has 13 heavy (non-hydrogen) atoms. The molecule has 0 saturated carbocycles. The summed E-state index contributed by atoms with van der Waals surface area (Å²) in [5, 5.41) is 0. The number of hydrogen-bond donors (Lipinski definition) is 2. The first-order valence-corrected chi connectivity index (χ1v) is 4.34. The first kappa shape index (κ1) is 9.58. The zero-order valence-corrected chi connectivity index (χ0v) is 7.92. The topological polar surface area (TPSA) is 41.1 Å². The maximum Gasteiger partial charge on any atom is 0.238 e. The summed E-state index contributed by atoms with van der Waals surface area (Å²) < 4.78 is 0. The second-order valence-corrected chi connectivity index (χ2v) is 2.89. The number of carbonyl (C=O) groups is 1. The second kappa shape index (κ2) is 4.50. The molecular formula is C10H14N2O. The molecule has 1 aromatic carbocycles. The van der Waals surface area contributed by atoms with Gasteiger partial charge in [-0.3, -0.25) is 15.6 Å². The van der Waals surface area contributed by atoms with Crippen molar-refractivity contribution in [3.05, 3.63) is 29.8 Å². The van der Waals surface area contributed by atoms with E-state index in [0.717, 1.165) is 5.69 Å². The van der Waals surface area contributed by atoms with Gasteiger partial charge in [0.15, 0.2) is 0 Å². The van der Waals surface area contributed by atoms with Gasteiger partial charge in [0, 0.05) is 6.42 Å². The molecule has 0 radical (unpaired) electrons. The van der Waals surface area contributed by atoms with Crippen LogP contribution in [0.1, 0.15) is 18.9 Å². The summed E-state index contributed by atoms with van der Waals surface area (Å²) in [4.78, 5) is 10.9. The molecule has 0 spiro atoms. The summed E-state index contributed by atoms with van der Waals surface area (Å²) in [6, 6.07) is 7.82. The number of anilines is 1. The minimum atomic E-state index is -0.0134. The number of amides is 1. The maximum absolute atomic E-state index is 10.9. The number of benzene rings is 1. The van der Waals surface area contributed by atoms with Crippen LogP contribution in [0.15, 0.2) is 24.3 Å². The smallest absolute Gasteiger partial charge is 0.238 e. The Balaban J connectivity index is 2.46. The van der Waals surface area contributed by atoms with Gasteiger partial charge in [-0.2, -0.15) is 0 Å². The summed E-state index contributed by atoms with van der Waals surface area (Å²) in [6.07, 6.45) is 0.485. The number of aryl methyl sites for hydroxylation is 1. The molecule has 0 aliphatic rings. The van der Waals surface area contributed by atoms with Crippen molar-refractivity contribution in [2.45, 2.75) is 20.3 Å².